The molecule has 12 heteroatoms. The van der Waals surface area contributed by atoms with Crippen molar-refractivity contribution in [1.82, 2.24) is 14.5 Å². The van der Waals surface area contributed by atoms with Gasteiger partial charge >= 0.3 is 0 Å². The number of carbonyl (C=O) groups excluding carboxylic acids is 2. The lowest BCUT2D eigenvalue weighted by atomic mass is 10.3. The van der Waals surface area contributed by atoms with Gasteiger partial charge in [-0.3, -0.25) is 14.5 Å². The average molecular weight is 487 g/mol. The summed E-state index contributed by atoms with van der Waals surface area (Å²) in [5, 5.41) is 8.40. The SMILES string of the molecule is O=C1CCC(=O)N1c1ccc(S(=O)(=O)N2CCN(c3cc(N4CCOCC4)cnn3)CC2)cc1. The van der Waals surface area contributed by atoms with E-state index in [9.17, 15) is 18.0 Å². The lowest BCUT2D eigenvalue weighted by Gasteiger charge is -2.35. The maximum absolute atomic E-state index is 13.2. The molecule has 2 amide bonds. The number of nitrogens with zero attached hydrogens (tertiary/aromatic N) is 6. The van der Waals surface area contributed by atoms with Gasteiger partial charge < -0.3 is 14.5 Å². The van der Waals surface area contributed by atoms with Crippen LogP contribution < -0.4 is 14.7 Å². The number of morpholine rings is 1. The fourth-order valence-electron chi connectivity index (χ4n) is 4.43. The van der Waals surface area contributed by atoms with Gasteiger partial charge in [-0.2, -0.15) is 9.40 Å². The second-order valence-corrected chi connectivity index (χ2v) is 10.3. The second-order valence-electron chi connectivity index (χ2n) is 8.38. The standard InChI is InChI=1S/C22H26N6O5S/c29-21-5-6-22(30)28(21)17-1-3-19(4-2-17)34(31,32)27-9-7-26(8-10-27)20-15-18(16-23-24-20)25-11-13-33-14-12-25/h1-4,15-16H,5-14H2. The molecule has 5 rings (SSSR count). The molecule has 1 aromatic heterocycles. The monoisotopic (exact) mass is 486 g/mol. The Morgan fingerprint density at radius 1 is 0.794 bits per heavy atom. The predicted molar refractivity (Wildman–Crippen MR) is 124 cm³/mol. The molecule has 3 aliphatic heterocycles. The van der Waals surface area contributed by atoms with E-state index in [-0.39, 0.29) is 29.6 Å². The molecular weight excluding hydrogens is 460 g/mol. The van der Waals surface area contributed by atoms with Crippen LogP contribution in [0, 0.1) is 0 Å². The zero-order valence-electron chi connectivity index (χ0n) is 18.7. The minimum absolute atomic E-state index is 0.137. The van der Waals surface area contributed by atoms with E-state index >= 15 is 0 Å². The van der Waals surface area contributed by atoms with E-state index in [1.165, 1.54) is 28.6 Å². The Kier molecular flexibility index (Phi) is 6.19. The third kappa shape index (κ3) is 4.36. The Hall–Kier alpha value is -3.09. The van der Waals surface area contributed by atoms with Crippen molar-refractivity contribution >= 4 is 39.0 Å². The molecule has 0 saturated carbocycles. The molecule has 0 bridgehead atoms. The molecule has 4 heterocycles. The van der Waals surface area contributed by atoms with E-state index in [4.69, 9.17) is 4.74 Å². The molecule has 34 heavy (non-hydrogen) atoms. The number of aromatic nitrogens is 2. The number of piperazine rings is 1. The minimum atomic E-state index is -3.70. The number of amides is 2. The van der Waals surface area contributed by atoms with Crippen molar-refractivity contribution in [3.63, 3.8) is 0 Å². The Bertz CT molecular complexity index is 1160. The number of carbonyl (C=O) groups is 2. The summed E-state index contributed by atoms with van der Waals surface area (Å²) in [5.41, 5.74) is 1.38. The lowest BCUT2D eigenvalue weighted by Crippen LogP contribution is -2.49. The molecule has 3 saturated heterocycles. The zero-order chi connectivity index (χ0) is 23.7. The van der Waals surface area contributed by atoms with Crippen LogP contribution in [-0.4, -0.2) is 87.2 Å². The first-order chi connectivity index (χ1) is 16.4. The van der Waals surface area contributed by atoms with E-state index in [0.717, 1.165) is 29.5 Å². The van der Waals surface area contributed by atoms with Crippen LogP contribution in [0.4, 0.5) is 17.2 Å². The molecule has 2 aromatic rings. The maximum Gasteiger partial charge on any atom is 0.243 e. The van der Waals surface area contributed by atoms with Gasteiger partial charge in [0.05, 0.1) is 35.7 Å². The lowest BCUT2D eigenvalue weighted by molar-refractivity contribution is -0.121. The molecule has 0 aliphatic carbocycles. The van der Waals surface area contributed by atoms with E-state index in [1.54, 1.807) is 6.20 Å². The summed E-state index contributed by atoms with van der Waals surface area (Å²) >= 11 is 0. The highest BCUT2D eigenvalue weighted by Crippen LogP contribution is 2.27. The van der Waals surface area contributed by atoms with E-state index in [0.29, 0.717) is 45.1 Å². The highest BCUT2D eigenvalue weighted by atomic mass is 32.2. The molecule has 1 aromatic carbocycles. The molecule has 0 N–H and O–H groups in total. The van der Waals surface area contributed by atoms with Crippen LogP contribution >= 0.6 is 0 Å². The summed E-state index contributed by atoms with van der Waals surface area (Å²) in [6.07, 6.45) is 2.11. The average Bonchev–Trinajstić information content (AvgIpc) is 3.22. The Morgan fingerprint density at radius 3 is 2.09 bits per heavy atom. The Labute approximate surface area is 197 Å². The van der Waals surface area contributed by atoms with Crippen LogP contribution in [0.5, 0.6) is 0 Å². The van der Waals surface area contributed by atoms with Gasteiger partial charge in [-0.25, -0.2) is 8.42 Å². The first-order valence-corrected chi connectivity index (χ1v) is 12.7. The number of anilines is 3. The quantitative estimate of drug-likeness (QED) is 0.556. The fourth-order valence-corrected chi connectivity index (χ4v) is 5.86. The molecule has 0 unspecified atom stereocenters. The second kappa shape index (κ2) is 9.28. The van der Waals surface area contributed by atoms with Gasteiger partial charge in [-0.1, -0.05) is 0 Å². The molecular formula is C22H26N6O5S. The van der Waals surface area contributed by atoms with Gasteiger partial charge in [-0.05, 0) is 24.3 Å². The van der Waals surface area contributed by atoms with Crippen LogP contribution in [0.1, 0.15) is 12.8 Å². The van der Waals surface area contributed by atoms with Crippen LogP contribution in [-0.2, 0) is 24.3 Å². The third-order valence-electron chi connectivity index (χ3n) is 6.35. The van der Waals surface area contributed by atoms with E-state index in [2.05, 4.69) is 15.1 Å². The Morgan fingerprint density at radius 2 is 1.44 bits per heavy atom. The topological polar surface area (TPSA) is 116 Å². The van der Waals surface area contributed by atoms with Gasteiger partial charge in [0.2, 0.25) is 21.8 Å². The molecule has 0 radical (unpaired) electrons. The number of hydrogen-bond donors (Lipinski definition) is 0. The Balaban J connectivity index is 1.24. The predicted octanol–water partition coefficient (Wildman–Crippen LogP) is 0.478. The van der Waals surface area contributed by atoms with Gasteiger partial charge in [0, 0.05) is 58.2 Å². The largest absolute Gasteiger partial charge is 0.378 e. The summed E-state index contributed by atoms with van der Waals surface area (Å²) in [5.74, 6) is 0.195. The number of ether oxygens (including phenoxy) is 1. The molecule has 11 nitrogen and oxygen atoms in total. The molecule has 3 aliphatic rings. The van der Waals surface area contributed by atoms with E-state index < -0.39 is 10.0 Å². The molecule has 0 atom stereocenters. The van der Waals surface area contributed by atoms with Crippen LogP contribution in [0.25, 0.3) is 0 Å². The van der Waals surface area contributed by atoms with Crippen LogP contribution in [0.3, 0.4) is 0 Å². The number of sulfonamides is 1. The van der Waals surface area contributed by atoms with E-state index in [1.807, 2.05) is 11.0 Å². The smallest absolute Gasteiger partial charge is 0.243 e. The molecule has 180 valence electrons. The summed E-state index contributed by atoms with van der Waals surface area (Å²) < 4.78 is 33.2. The van der Waals surface area contributed by atoms with Crippen LogP contribution in [0.15, 0.2) is 41.4 Å². The normalized spacial score (nSPS) is 20.3. The first kappa shape index (κ1) is 22.7. The highest BCUT2D eigenvalue weighted by Gasteiger charge is 2.32. The summed E-state index contributed by atoms with van der Waals surface area (Å²) in [6.45, 7) is 4.59. The van der Waals surface area contributed by atoms with Gasteiger partial charge in [0.15, 0.2) is 5.82 Å². The number of hydrogen-bond acceptors (Lipinski definition) is 9. The molecule has 3 fully saturated rings. The zero-order valence-corrected chi connectivity index (χ0v) is 19.5. The number of benzene rings is 1. The fraction of sp³-hybridized carbons (Fsp3) is 0.455. The van der Waals surface area contributed by atoms with Crippen molar-refractivity contribution in [2.75, 3.05) is 67.2 Å². The number of imide groups is 1. The van der Waals surface area contributed by atoms with Crippen molar-refractivity contribution in [1.29, 1.82) is 0 Å². The van der Waals surface area contributed by atoms with Gasteiger partial charge in [0.25, 0.3) is 0 Å². The van der Waals surface area contributed by atoms with Gasteiger partial charge in [-0.15, -0.1) is 5.10 Å². The van der Waals surface area contributed by atoms with Crippen molar-refractivity contribution < 1.29 is 22.7 Å². The van der Waals surface area contributed by atoms with Crippen molar-refractivity contribution in [3.8, 4) is 0 Å². The number of rotatable bonds is 5. The van der Waals surface area contributed by atoms with Gasteiger partial charge in [0.1, 0.15) is 0 Å². The highest BCUT2D eigenvalue weighted by molar-refractivity contribution is 7.89. The maximum atomic E-state index is 13.2. The summed E-state index contributed by atoms with van der Waals surface area (Å²) in [6, 6.07) is 7.91. The van der Waals surface area contributed by atoms with Crippen molar-refractivity contribution in [2.45, 2.75) is 17.7 Å². The van der Waals surface area contributed by atoms with Crippen molar-refractivity contribution in [3.05, 3.63) is 36.5 Å². The first-order valence-electron chi connectivity index (χ1n) is 11.3. The summed E-state index contributed by atoms with van der Waals surface area (Å²) in [4.78, 5) is 29.3. The van der Waals surface area contributed by atoms with Crippen LogP contribution in [0.2, 0.25) is 0 Å². The minimum Gasteiger partial charge on any atom is -0.378 e. The summed E-state index contributed by atoms with van der Waals surface area (Å²) in [7, 11) is -3.70. The van der Waals surface area contributed by atoms with Crippen molar-refractivity contribution in [2.24, 2.45) is 0 Å². The third-order valence-corrected chi connectivity index (χ3v) is 8.26. The molecule has 0 spiro atoms.